The average Bonchev–Trinajstić information content (AvgIpc) is 2.77. The summed E-state index contributed by atoms with van der Waals surface area (Å²) in [5.41, 5.74) is 1.12. The first-order chi connectivity index (χ1) is 15.9. The SMILES string of the molecule is NS(=O)(=O)c1ccc(CN(Cc2cccc(OCC(=O)O)c2)S(=O)(=O)c2ccc(Br)cc2)cc1. The van der Waals surface area contributed by atoms with Crippen molar-refractivity contribution in [1.82, 2.24) is 4.31 Å². The summed E-state index contributed by atoms with van der Waals surface area (Å²) >= 11 is 3.29. The fourth-order valence-electron chi connectivity index (χ4n) is 3.05. The molecule has 34 heavy (non-hydrogen) atoms. The highest BCUT2D eigenvalue weighted by molar-refractivity contribution is 9.10. The van der Waals surface area contributed by atoms with Gasteiger partial charge in [0.05, 0.1) is 9.79 Å². The van der Waals surface area contributed by atoms with Crippen LogP contribution in [0, 0.1) is 0 Å². The lowest BCUT2D eigenvalue weighted by molar-refractivity contribution is -0.139. The van der Waals surface area contributed by atoms with Crippen LogP contribution in [0.3, 0.4) is 0 Å². The third-order valence-corrected chi connectivity index (χ3v) is 7.95. The van der Waals surface area contributed by atoms with E-state index in [0.717, 1.165) is 4.47 Å². The lowest BCUT2D eigenvalue weighted by Gasteiger charge is -2.23. The van der Waals surface area contributed by atoms with Crippen molar-refractivity contribution >= 4 is 41.9 Å². The Bertz CT molecular complexity index is 1380. The molecule has 0 fully saturated rings. The van der Waals surface area contributed by atoms with Crippen molar-refractivity contribution in [1.29, 1.82) is 0 Å². The van der Waals surface area contributed by atoms with E-state index >= 15 is 0 Å². The number of aliphatic carboxylic acids is 1. The number of carboxylic acids is 1. The number of rotatable bonds is 10. The smallest absolute Gasteiger partial charge is 0.341 e. The normalized spacial score (nSPS) is 12.0. The molecule has 0 aliphatic rings. The summed E-state index contributed by atoms with van der Waals surface area (Å²) in [5, 5.41) is 14.0. The minimum Gasteiger partial charge on any atom is -0.482 e. The maximum Gasteiger partial charge on any atom is 0.341 e. The number of carbonyl (C=O) groups is 1. The Morgan fingerprint density at radius 2 is 1.47 bits per heavy atom. The Balaban J connectivity index is 1.94. The van der Waals surface area contributed by atoms with E-state index in [1.165, 1.54) is 40.7 Å². The third-order valence-electron chi connectivity index (χ3n) is 4.68. The van der Waals surface area contributed by atoms with Crippen LogP contribution in [0.25, 0.3) is 0 Å². The second-order valence-corrected chi connectivity index (χ2v) is 11.7. The van der Waals surface area contributed by atoms with E-state index in [2.05, 4.69) is 15.9 Å². The van der Waals surface area contributed by atoms with Crippen LogP contribution < -0.4 is 9.88 Å². The maximum absolute atomic E-state index is 13.5. The van der Waals surface area contributed by atoms with Gasteiger partial charge in [-0.2, -0.15) is 4.31 Å². The molecule has 0 atom stereocenters. The second kappa shape index (κ2) is 10.7. The lowest BCUT2D eigenvalue weighted by Crippen LogP contribution is -2.30. The Kier molecular flexibility index (Phi) is 8.10. The maximum atomic E-state index is 13.5. The number of ether oxygens (including phenoxy) is 1. The van der Waals surface area contributed by atoms with Crippen LogP contribution in [0.15, 0.2) is 87.1 Å². The van der Waals surface area contributed by atoms with Crippen LogP contribution in [-0.2, 0) is 37.9 Å². The van der Waals surface area contributed by atoms with Crippen molar-refractivity contribution < 1.29 is 31.5 Å². The molecule has 0 bridgehead atoms. The van der Waals surface area contributed by atoms with Crippen molar-refractivity contribution in [2.45, 2.75) is 22.9 Å². The van der Waals surface area contributed by atoms with Crippen molar-refractivity contribution in [3.8, 4) is 5.75 Å². The standard InChI is InChI=1S/C22H21BrN2O7S2/c23-18-6-10-21(11-7-18)34(30,31)25(13-16-4-8-20(9-5-16)33(24,28)29)14-17-2-1-3-19(12-17)32-15-22(26)27/h1-12H,13-15H2,(H,26,27)(H2,24,28,29). The molecule has 12 heteroatoms. The predicted octanol–water partition coefficient (Wildman–Crippen LogP) is 2.95. The monoisotopic (exact) mass is 568 g/mol. The molecule has 3 N–H and O–H groups in total. The van der Waals surface area contributed by atoms with E-state index in [1.54, 1.807) is 36.4 Å². The number of carboxylic acid groups (broad SMARTS) is 1. The lowest BCUT2D eigenvalue weighted by atomic mass is 10.2. The summed E-state index contributed by atoms with van der Waals surface area (Å²) in [6.45, 7) is -0.621. The number of nitrogens with two attached hydrogens (primary N) is 1. The van der Waals surface area contributed by atoms with E-state index in [9.17, 15) is 21.6 Å². The molecule has 0 aromatic heterocycles. The first-order valence-electron chi connectivity index (χ1n) is 9.76. The highest BCUT2D eigenvalue weighted by atomic mass is 79.9. The van der Waals surface area contributed by atoms with Gasteiger partial charge >= 0.3 is 5.97 Å². The quantitative estimate of drug-likeness (QED) is 0.382. The van der Waals surface area contributed by atoms with Gasteiger partial charge in [0.25, 0.3) is 0 Å². The van der Waals surface area contributed by atoms with Crippen LogP contribution in [-0.4, -0.2) is 38.8 Å². The fourth-order valence-corrected chi connectivity index (χ4v) is 5.25. The summed E-state index contributed by atoms with van der Waals surface area (Å²) < 4.78 is 57.1. The number of hydrogen-bond donors (Lipinski definition) is 2. The van der Waals surface area contributed by atoms with Crippen LogP contribution in [0.1, 0.15) is 11.1 Å². The average molecular weight is 569 g/mol. The molecule has 0 saturated heterocycles. The van der Waals surface area contributed by atoms with Gasteiger partial charge in [0.2, 0.25) is 20.0 Å². The Labute approximate surface area is 206 Å². The molecule has 0 spiro atoms. The van der Waals surface area contributed by atoms with Crippen LogP contribution in [0.2, 0.25) is 0 Å². The first kappa shape index (κ1) is 25.8. The number of halogens is 1. The molecule has 0 heterocycles. The number of hydrogen-bond acceptors (Lipinski definition) is 6. The minimum atomic E-state index is -3.96. The van der Waals surface area contributed by atoms with Crippen molar-refractivity contribution in [2.75, 3.05) is 6.61 Å². The Hall–Kier alpha value is -2.77. The van der Waals surface area contributed by atoms with Gasteiger partial charge in [0.1, 0.15) is 5.75 Å². The van der Waals surface area contributed by atoms with E-state index < -0.39 is 32.6 Å². The van der Waals surface area contributed by atoms with Gasteiger partial charge in [-0.15, -0.1) is 0 Å². The number of nitrogens with zero attached hydrogens (tertiary/aromatic N) is 1. The van der Waals surface area contributed by atoms with E-state index in [-0.39, 0.29) is 22.9 Å². The molecule has 3 rings (SSSR count). The molecular weight excluding hydrogens is 548 g/mol. The summed E-state index contributed by atoms with van der Waals surface area (Å²) in [6, 6.07) is 18.3. The van der Waals surface area contributed by atoms with Crippen LogP contribution >= 0.6 is 15.9 Å². The van der Waals surface area contributed by atoms with Crippen molar-refractivity contribution in [3.05, 3.63) is 88.4 Å². The molecule has 0 saturated carbocycles. The highest BCUT2D eigenvalue weighted by Gasteiger charge is 2.25. The van der Waals surface area contributed by atoms with Gasteiger partial charge in [-0.05, 0) is 59.7 Å². The zero-order valence-corrected chi connectivity index (χ0v) is 20.9. The summed E-state index contributed by atoms with van der Waals surface area (Å²) in [5.74, 6) is -0.841. The number of primary sulfonamides is 1. The molecule has 3 aromatic rings. The van der Waals surface area contributed by atoms with Crippen LogP contribution in [0.5, 0.6) is 5.75 Å². The zero-order chi connectivity index (χ0) is 24.9. The molecule has 3 aromatic carbocycles. The Morgan fingerprint density at radius 3 is 2.06 bits per heavy atom. The van der Waals surface area contributed by atoms with Gasteiger partial charge in [-0.3, -0.25) is 0 Å². The number of sulfonamides is 2. The Morgan fingerprint density at radius 1 is 0.882 bits per heavy atom. The van der Waals surface area contributed by atoms with Gasteiger partial charge in [-0.1, -0.05) is 40.2 Å². The zero-order valence-electron chi connectivity index (χ0n) is 17.7. The van der Waals surface area contributed by atoms with E-state index in [0.29, 0.717) is 16.9 Å². The van der Waals surface area contributed by atoms with Gasteiger partial charge < -0.3 is 9.84 Å². The van der Waals surface area contributed by atoms with Crippen molar-refractivity contribution in [2.24, 2.45) is 5.14 Å². The second-order valence-electron chi connectivity index (χ2n) is 7.25. The number of benzene rings is 3. The van der Waals surface area contributed by atoms with Crippen LogP contribution in [0.4, 0.5) is 0 Å². The van der Waals surface area contributed by atoms with Crippen molar-refractivity contribution in [3.63, 3.8) is 0 Å². The molecule has 9 nitrogen and oxygen atoms in total. The van der Waals surface area contributed by atoms with Gasteiger partial charge in [0, 0.05) is 17.6 Å². The topological polar surface area (TPSA) is 144 Å². The summed E-state index contributed by atoms with van der Waals surface area (Å²) in [4.78, 5) is 10.8. The summed E-state index contributed by atoms with van der Waals surface area (Å²) in [7, 11) is -7.84. The minimum absolute atomic E-state index is 0.0421. The van der Waals surface area contributed by atoms with Gasteiger partial charge in [0.15, 0.2) is 6.61 Å². The first-order valence-corrected chi connectivity index (χ1v) is 13.5. The molecule has 0 amide bonds. The highest BCUT2D eigenvalue weighted by Crippen LogP contribution is 2.24. The van der Waals surface area contributed by atoms with Gasteiger partial charge in [-0.25, -0.2) is 26.8 Å². The largest absolute Gasteiger partial charge is 0.482 e. The van der Waals surface area contributed by atoms with E-state index in [1.807, 2.05) is 0 Å². The molecule has 180 valence electrons. The fraction of sp³-hybridized carbons (Fsp3) is 0.136. The van der Waals surface area contributed by atoms with E-state index in [4.69, 9.17) is 15.0 Å². The third kappa shape index (κ3) is 6.87. The molecule has 0 aliphatic heterocycles. The molecule has 0 unspecified atom stereocenters. The predicted molar refractivity (Wildman–Crippen MR) is 128 cm³/mol. The molecular formula is C22H21BrN2O7S2. The summed E-state index contributed by atoms with van der Waals surface area (Å²) in [6.07, 6.45) is 0. The molecule has 0 radical (unpaired) electrons. The molecule has 0 aliphatic carbocycles.